The molecule has 2 N–H and O–H groups in total. The van der Waals surface area contributed by atoms with Gasteiger partial charge in [0.15, 0.2) is 5.13 Å². The van der Waals surface area contributed by atoms with Gasteiger partial charge >= 0.3 is 5.97 Å². The molecule has 0 saturated heterocycles. The summed E-state index contributed by atoms with van der Waals surface area (Å²) in [5.74, 6) is -1.29. The van der Waals surface area contributed by atoms with Crippen LogP contribution < -0.4 is 5.32 Å². The number of carbonyl (C=O) groups excluding carboxylic acids is 1. The molecule has 0 saturated carbocycles. The van der Waals surface area contributed by atoms with E-state index in [1.807, 2.05) is 25.1 Å². The van der Waals surface area contributed by atoms with E-state index in [9.17, 15) is 9.59 Å². The van der Waals surface area contributed by atoms with Crippen LogP contribution in [0.25, 0.3) is 10.2 Å². The summed E-state index contributed by atoms with van der Waals surface area (Å²) in [4.78, 5) is 27.4. The maximum absolute atomic E-state index is 12.0. The summed E-state index contributed by atoms with van der Waals surface area (Å²) in [6.45, 7) is 2.17. The van der Waals surface area contributed by atoms with Gasteiger partial charge in [-0.2, -0.15) is 5.10 Å². The fourth-order valence-electron chi connectivity index (χ4n) is 2.22. The Labute approximate surface area is 135 Å². The highest BCUT2D eigenvalue weighted by Gasteiger charge is 2.13. The smallest absolute Gasteiger partial charge is 0.354 e. The van der Waals surface area contributed by atoms with Gasteiger partial charge in [-0.1, -0.05) is 23.5 Å². The van der Waals surface area contributed by atoms with Crippen molar-refractivity contribution in [2.75, 3.05) is 5.32 Å². The Morgan fingerprint density at radius 2 is 2.17 bits per heavy atom. The number of anilines is 1. The van der Waals surface area contributed by atoms with E-state index in [1.54, 1.807) is 0 Å². The number of para-hydroxylation sites is 1. The molecule has 0 unspecified atom stereocenters. The van der Waals surface area contributed by atoms with Crippen molar-refractivity contribution in [3.05, 3.63) is 41.7 Å². The van der Waals surface area contributed by atoms with Crippen molar-refractivity contribution in [2.24, 2.45) is 0 Å². The van der Waals surface area contributed by atoms with E-state index in [2.05, 4.69) is 15.4 Å². The normalized spacial score (nSPS) is 10.8. The van der Waals surface area contributed by atoms with Gasteiger partial charge < -0.3 is 10.4 Å². The molecule has 2 heterocycles. The third kappa shape index (κ3) is 3.21. The first-order chi connectivity index (χ1) is 11.0. The molecule has 0 atom stereocenters. The Balaban J connectivity index is 1.65. The minimum absolute atomic E-state index is 0.0633. The number of aromatic carboxylic acids is 1. The van der Waals surface area contributed by atoms with Crippen LogP contribution in [-0.4, -0.2) is 31.7 Å². The third-order valence-corrected chi connectivity index (χ3v) is 4.29. The molecule has 0 aliphatic carbocycles. The van der Waals surface area contributed by atoms with E-state index >= 15 is 0 Å². The van der Waals surface area contributed by atoms with Crippen LogP contribution in [-0.2, 0) is 11.3 Å². The first-order valence-electron chi connectivity index (χ1n) is 6.95. The lowest BCUT2D eigenvalue weighted by Crippen LogP contribution is -2.17. The summed E-state index contributed by atoms with van der Waals surface area (Å²) in [7, 11) is 0. The van der Waals surface area contributed by atoms with Crippen LogP contribution in [0.3, 0.4) is 0 Å². The number of thiazole rings is 1. The Morgan fingerprint density at radius 3 is 2.91 bits per heavy atom. The van der Waals surface area contributed by atoms with Crippen LogP contribution in [0.4, 0.5) is 5.13 Å². The number of nitrogens with zero attached hydrogens (tertiary/aromatic N) is 3. The van der Waals surface area contributed by atoms with E-state index in [0.29, 0.717) is 5.13 Å². The van der Waals surface area contributed by atoms with Crippen molar-refractivity contribution >= 4 is 38.6 Å². The van der Waals surface area contributed by atoms with Gasteiger partial charge in [-0.3, -0.25) is 9.48 Å². The first-order valence-corrected chi connectivity index (χ1v) is 7.77. The highest BCUT2D eigenvalue weighted by Crippen LogP contribution is 2.27. The molecule has 0 aliphatic heterocycles. The molecule has 0 radical (unpaired) electrons. The van der Waals surface area contributed by atoms with Crippen molar-refractivity contribution in [1.29, 1.82) is 0 Å². The number of carbonyl (C=O) groups is 2. The molecule has 3 aromatic rings. The number of hydrogen-bond acceptors (Lipinski definition) is 5. The number of fused-ring (bicyclic) bond motifs is 1. The minimum atomic E-state index is -1.07. The maximum Gasteiger partial charge on any atom is 0.354 e. The molecule has 0 fully saturated rings. The predicted molar refractivity (Wildman–Crippen MR) is 86.8 cm³/mol. The SMILES string of the molecule is Cc1cccc2sc(NC(=O)CCn3nccc3C(=O)O)nc12. The number of hydrogen-bond donors (Lipinski definition) is 2. The van der Waals surface area contributed by atoms with Gasteiger partial charge in [-0.05, 0) is 24.6 Å². The second-order valence-electron chi connectivity index (χ2n) is 4.98. The number of amides is 1. The van der Waals surface area contributed by atoms with Crippen LogP contribution in [0.2, 0.25) is 0 Å². The summed E-state index contributed by atoms with van der Waals surface area (Å²) in [6.07, 6.45) is 1.52. The number of aromatic nitrogens is 3. The van der Waals surface area contributed by atoms with Gasteiger partial charge in [-0.15, -0.1) is 0 Å². The Hall–Kier alpha value is -2.74. The molecular formula is C15H14N4O3S. The molecule has 0 aliphatic rings. The van der Waals surface area contributed by atoms with E-state index in [1.165, 1.54) is 28.3 Å². The predicted octanol–water partition coefficient (Wildman–Crippen LogP) is 2.53. The van der Waals surface area contributed by atoms with Crippen LogP contribution in [0.5, 0.6) is 0 Å². The van der Waals surface area contributed by atoms with Crippen molar-refractivity contribution in [3.63, 3.8) is 0 Å². The summed E-state index contributed by atoms with van der Waals surface area (Å²) >= 11 is 1.41. The molecule has 0 spiro atoms. The van der Waals surface area contributed by atoms with Crippen LogP contribution in [0.1, 0.15) is 22.5 Å². The number of aryl methyl sites for hydroxylation is 2. The lowest BCUT2D eigenvalue weighted by atomic mass is 10.2. The summed E-state index contributed by atoms with van der Waals surface area (Å²) in [5.41, 5.74) is 2.00. The molecule has 3 rings (SSSR count). The molecule has 7 nitrogen and oxygen atoms in total. The van der Waals surface area contributed by atoms with Gasteiger partial charge in [0, 0.05) is 12.6 Å². The molecule has 1 aromatic carbocycles. The summed E-state index contributed by atoms with van der Waals surface area (Å²) in [5, 5.41) is 16.2. The summed E-state index contributed by atoms with van der Waals surface area (Å²) in [6, 6.07) is 7.28. The van der Waals surface area contributed by atoms with Gasteiger partial charge in [-0.25, -0.2) is 9.78 Å². The number of nitrogens with one attached hydrogen (secondary N) is 1. The van der Waals surface area contributed by atoms with Crippen LogP contribution >= 0.6 is 11.3 Å². The van der Waals surface area contributed by atoms with E-state index in [4.69, 9.17) is 5.11 Å². The zero-order valence-corrected chi connectivity index (χ0v) is 13.1. The zero-order valence-electron chi connectivity index (χ0n) is 12.3. The largest absolute Gasteiger partial charge is 0.477 e. The Bertz CT molecular complexity index is 884. The van der Waals surface area contributed by atoms with Gasteiger partial charge in [0.25, 0.3) is 0 Å². The van der Waals surface area contributed by atoms with Gasteiger partial charge in [0.05, 0.1) is 16.8 Å². The molecule has 2 aromatic heterocycles. The summed E-state index contributed by atoms with van der Waals surface area (Å²) < 4.78 is 2.31. The quantitative estimate of drug-likeness (QED) is 0.749. The average molecular weight is 330 g/mol. The third-order valence-electron chi connectivity index (χ3n) is 3.35. The maximum atomic E-state index is 12.0. The van der Waals surface area contributed by atoms with Crippen molar-refractivity contribution in [2.45, 2.75) is 19.9 Å². The molecule has 23 heavy (non-hydrogen) atoms. The zero-order chi connectivity index (χ0) is 16.4. The standard InChI is InChI=1S/C15H14N4O3S/c1-9-3-2-4-11-13(9)18-15(23-11)17-12(20)6-8-19-10(14(21)22)5-7-16-19/h2-5,7H,6,8H2,1H3,(H,21,22)(H,17,18,20). The van der Waals surface area contributed by atoms with Crippen molar-refractivity contribution < 1.29 is 14.7 Å². The lowest BCUT2D eigenvalue weighted by molar-refractivity contribution is -0.116. The minimum Gasteiger partial charge on any atom is -0.477 e. The second-order valence-corrected chi connectivity index (χ2v) is 6.01. The number of carboxylic acid groups (broad SMARTS) is 1. The molecule has 118 valence electrons. The van der Waals surface area contributed by atoms with E-state index in [0.717, 1.165) is 15.8 Å². The molecular weight excluding hydrogens is 316 g/mol. The fraction of sp³-hybridized carbons (Fsp3) is 0.200. The van der Waals surface area contributed by atoms with Crippen LogP contribution in [0, 0.1) is 6.92 Å². The molecule has 0 bridgehead atoms. The number of benzene rings is 1. The lowest BCUT2D eigenvalue weighted by Gasteiger charge is -2.04. The second kappa shape index (κ2) is 6.17. The van der Waals surface area contributed by atoms with Crippen LogP contribution in [0.15, 0.2) is 30.5 Å². The highest BCUT2D eigenvalue weighted by molar-refractivity contribution is 7.22. The number of carboxylic acids is 1. The van der Waals surface area contributed by atoms with Crippen molar-refractivity contribution in [3.8, 4) is 0 Å². The Kier molecular flexibility index (Phi) is 4.07. The van der Waals surface area contributed by atoms with Crippen molar-refractivity contribution in [1.82, 2.24) is 14.8 Å². The highest BCUT2D eigenvalue weighted by atomic mass is 32.1. The van der Waals surface area contributed by atoms with Gasteiger partial charge in [0.2, 0.25) is 5.91 Å². The number of rotatable bonds is 5. The van der Waals surface area contributed by atoms with Gasteiger partial charge in [0.1, 0.15) is 5.69 Å². The fourth-order valence-corrected chi connectivity index (χ4v) is 3.18. The monoisotopic (exact) mass is 330 g/mol. The first kappa shape index (κ1) is 15.2. The molecule has 1 amide bonds. The van der Waals surface area contributed by atoms with E-state index < -0.39 is 5.97 Å². The van der Waals surface area contributed by atoms with E-state index in [-0.39, 0.29) is 24.6 Å². The average Bonchev–Trinajstić information content (AvgIpc) is 3.11. The topological polar surface area (TPSA) is 97.1 Å². The Morgan fingerprint density at radius 1 is 1.35 bits per heavy atom. The molecule has 8 heteroatoms.